The summed E-state index contributed by atoms with van der Waals surface area (Å²) < 4.78 is 10.6. The molecule has 0 spiro atoms. The first kappa shape index (κ1) is 17.5. The summed E-state index contributed by atoms with van der Waals surface area (Å²) in [6, 6.07) is 10.4. The molecular weight excluding hydrogens is 310 g/mol. The van der Waals surface area contributed by atoms with Crippen LogP contribution in [0.2, 0.25) is 0 Å². The minimum atomic E-state index is -0.727. The summed E-state index contributed by atoms with van der Waals surface area (Å²) in [6.45, 7) is 5.71. The number of nitrogens with zero attached hydrogens (tertiary/aromatic N) is 1. The monoisotopic (exact) mass is 329 g/mol. The van der Waals surface area contributed by atoms with Crippen molar-refractivity contribution in [2.75, 3.05) is 13.2 Å². The van der Waals surface area contributed by atoms with Crippen LogP contribution < -0.4 is 4.74 Å². The number of rotatable bonds is 6. The minimum absolute atomic E-state index is 0.0108. The van der Waals surface area contributed by atoms with Gasteiger partial charge in [0.15, 0.2) is 0 Å². The first-order chi connectivity index (χ1) is 11.4. The van der Waals surface area contributed by atoms with E-state index in [1.54, 1.807) is 19.1 Å². The molecule has 2 aromatic rings. The summed E-state index contributed by atoms with van der Waals surface area (Å²) in [7, 11) is 0. The number of esters is 1. The van der Waals surface area contributed by atoms with Gasteiger partial charge < -0.3 is 9.47 Å². The van der Waals surface area contributed by atoms with Gasteiger partial charge in [0.05, 0.1) is 4.92 Å². The van der Waals surface area contributed by atoms with E-state index in [-0.39, 0.29) is 24.5 Å². The Bertz CT molecular complexity index is 750. The highest BCUT2D eigenvalue weighted by molar-refractivity contribution is 5.94. The van der Waals surface area contributed by atoms with Gasteiger partial charge >= 0.3 is 5.97 Å². The molecule has 0 amide bonds. The highest BCUT2D eigenvalue weighted by atomic mass is 16.6. The van der Waals surface area contributed by atoms with Crippen LogP contribution in [0.25, 0.3) is 0 Å². The van der Waals surface area contributed by atoms with E-state index in [0.29, 0.717) is 11.3 Å². The number of nitro groups is 1. The molecule has 0 radical (unpaired) electrons. The molecule has 126 valence electrons. The summed E-state index contributed by atoms with van der Waals surface area (Å²) in [4.78, 5) is 22.6. The zero-order valence-electron chi connectivity index (χ0n) is 13.9. The number of aryl methyl sites for hydroxylation is 3. The van der Waals surface area contributed by atoms with Crippen LogP contribution in [0.15, 0.2) is 36.4 Å². The number of benzene rings is 2. The summed E-state index contributed by atoms with van der Waals surface area (Å²) in [5.74, 6) is -0.0282. The van der Waals surface area contributed by atoms with Crippen molar-refractivity contribution in [2.45, 2.75) is 20.8 Å². The molecular formula is C18H19NO5. The van der Waals surface area contributed by atoms with Crippen molar-refractivity contribution < 1.29 is 19.2 Å². The average Bonchev–Trinajstić information content (AvgIpc) is 2.49. The Morgan fingerprint density at radius 2 is 1.75 bits per heavy atom. The Labute approximate surface area is 140 Å². The zero-order valence-corrected chi connectivity index (χ0v) is 13.9. The Kier molecular flexibility index (Phi) is 5.52. The van der Waals surface area contributed by atoms with Crippen LogP contribution in [-0.2, 0) is 4.74 Å². The van der Waals surface area contributed by atoms with Crippen molar-refractivity contribution in [3.63, 3.8) is 0 Å². The Balaban J connectivity index is 1.94. The van der Waals surface area contributed by atoms with E-state index in [4.69, 9.17) is 9.47 Å². The largest absolute Gasteiger partial charge is 0.490 e. The number of hydrogen-bond donors (Lipinski definition) is 0. The van der Waals surface area contributed by atoms with E-state index in [2.05, 4.69) is 0 Å². The zero-order chi connectivity index (χ0) is 17.7. The predicted octanol–water partition coefficient (Wildman–Crippen LogP) is 3.76. The molecule has 0 N–H and O–H groups in total. The molecule has 0 aromatic heterocycles. The molecule has 0 atom stereocenters. The van der Waals surface area contributed by atoms with Gasteiger partial charge in [-0.15, -0.1) is 0 Å². The highest BCUT2D eigenvalue weighted by Crippen LogP contribution is 2.23. The number of carbonyl (C=O) groups excluding carboxylic acids is 1. The van der Waals surface area contributed by atoms with Crippen LogP contribution >= 0.6 is 0 Å². The maximum atomic E-state index is 12.1. The summed E-state index contributed by atoms with van der Waals surface area (Å²) in [5, 5.41) is 11.1. The van der Waals surface area contributed by atoms with Crippen molar-refractivity contribution in [1.82, 2.24) is 0 Å². The average molecular weight is 329 g/mol. The van der Waals surface area contributed by atoms with Crippen molar-refractivity contribution in [2.24, 2.45) is 0 Å². The molecule has 0 aliphatic heterocycles. The number of ether oxygens (including phenoxy) is 2. The van der Waals surface area contributed by atoms with Gasteiger partial charge in [0.1, 0.15) is 24.5 Å². The van der Waals surface area contributed by atoms with E-state index < -0.39 is 10.9 Å². The molecule has 0 saturated carbocycles. The SMILES string of the molecule is Cc1cc(C)cc(OCCOC(=O)c2cccc(C)c2[N+](=O)[O-])c1. The lowest BCUT2D eigenvalue weighted by atomic mass is 10.1. The van der Waals surface area contributed by atoms with Gasteiger partial charge in [-0.2, -0.15) is 0 Å². The topological polar surface area (TPSA) is 78.7 Å². The van der Waals surface area contributed by atoms with Crippen LogP contribution in [0.5, 0.6) is 5.75 Å². The van der Waals surface area contributed by atoms with Gasteiger partial charge in [-0.25, -0.2) is 4.79 Å². The summed E-state index contributed by atoms with van der Waals surface area (Å²) in [6.07, 6.45) is 0. The minimum Gasteiger partial charge on any atom is -0.490 e. The fraction of sp³-hybridized carbons (Fsp3) is 0.278. The quantitative estimate of drug-likeness (QED) is 0.349. The molecule has 6 heteroatoms. The third-order valence-corrected chi connectivity index (χ3v) is 3.42. The smallest absolute Gasteiger partial charge is 0.345 e. The molecule has 0 aliphatic rings. The Morgan fingerprint density at radius 3 is 2.38 bits per heavy atom. The van der Waals surface area contributed by atoms with Gasteiger partial charge in [-0.3, -0.25) is 10.1 Å². The van der Waals surface area contributed by atoms with Crippen molar-refractivity contribution in [3.8, 4) is 5.75 Å². The highest BCUT2D eigenvalue weighted by Gasteiger charge is 2.23. The van der Waals surface area contributed by atoms with Crippen LogP contribution in [0, 0.1) is 30.9 Å². The number of nitro benzene ring substituents is 1. The van der Waals surface area contributed by atoms with Gasteiger partial charge in [-0.1, -0.05) is 18.2 Å². The first-order valence-electron chi connectivity index (χ1n) is 7.50. The molecule has 24 heavy (non-hydrogen) atoms. The van der Waals surface area contributed by atoms with Crippen LogP contribution in [-0.4, -0.2) is 24.1 Å². The van der Waals surface area contributed by atoms with Crippen LogP contribution in [0.4, 0.5) is 5.69 Å². The van der Waals surface area contributed by atoms with E-state index in [0.717, 1.165) is 11.1 Å². The number of para-hydroxylation sites is 1. The van der Waals surface area contributed by atoms with E-state index in [9.17, 15) is 14.9 Å². The lowest BCUT2D eigenvalue weighted by Gasteiger charge is -2.09. The van der Waals surface area contributed by atoms with Gasteiger partial charge in [-0.05, 0) is 50.1 Å². The lowest BCUT2D eigenvalue weighted by Crippen LogP contribution is -2.14. The van der Waals surface area contributed by atoms with Crippen molar-refractivity contribution in [1.29, 1.82) is 0 Å². The molecule has 0 bridgehead atoms. The maximum absolute atomic E-state index is 12.1. The second-order valence-corrected chi connectivity index (χ2v) is 5.54. The van der Waals surface area contributed by atoms with Crippen molar-refractivity contribution in [3.05, 3.63) is 68.8 Å². The third-order valence-electron chi connectivity index (χ3n) is 3.42. The van der Waals surface area contributed by atoms with Gasteiger partial charge in [0.25, 0.3) is 5.69 Å². The number of hydrogen-bond acceptors (Lipinski definition) is 5. The van der Waals surface area contributed by atoms with E-state index in [1.165, 1.54) is 6.07 Å². The molecule has 0 aliphatic carbocycles. The Hall–Kier alpha value is -2.89. The molecule has 2 aromatic carbocycles. The van der Waals surface area contributed by atoms with Gasteiger partial charge in [0, 0.05) is 5.56 Å². The van der Waals surface area contributed by atoms with Crippen LogP contribution in [0.3, 0.4) is 0 Å². The third kappa shape index (κ3) is 4.32. The molecule has 6 nitrogen and oxygen atoms in total. The summed E-state index contributed by atoms with van der Waals surface area (Å²) >= 11 is 0. The lowest BCUT2D eigenvalue weighted by molar-refractivity contribution is -0.385. The first-order valence-corrected chi connectivity index (χ1v) is 7.50. The predicted molar refractivity (Wildman–Crippen MR) is 89.5 cm³/mol. The maximum Gasteiger partial charge on any atom is 0.345 e. The number of carbonyl (C=O) groups is 1. The van der Waals surface area contributed by atoms with Crippen LogP contribution in [0.1, 0.15) is 27.0 Å². The standard InChI is InChI=1S/C18H19NO5/c1-12-9-13(2)11-15(10-12)23-7-8-24-18(20)16-6-4-5-14(3)17(16)19(21)22/h4-6,9-11H,7-8H2,1-3H3. The van der Waals surface area contributed by atoms with E-state index >= 15 is 0 Å². The molecule has 0 unspecified atom stereocenters. The second kappa shape index (κ2) is 7.59. The molecule has 2 rings (SSSR count). The van der Waals surface area contributed by atoms with E-state index in [1.807, 2.05) is 32.0 Å². The fourth-order valence-electron chi connectivity index (χ4n) is 2.45. The van der Waals surface area contributed by atoms with Gasteiger partial charge in [0.2, 0.25) is 0 Å². The molecule has 0 heterocycles. The Morgan fingerprint density at radius 1 is 1.08 bits per heavy atom. The summed E-state index contributed by atoms with van der Waals surface area (Å²) in [5.41, 5.74) is 2.31. The fourth-order valence-corrected chi connectivity index (χ4v) is 2.45. The molecule has 0 fully saturated rings. The van der Waals surface area contributed by atoms with Crippen molar-refractivity contribution >= 4 is 11.7 Å². The normalized spacial score (nSPS) is 10.3. The second-order valence-electron chi connectivity index (χ2n) is 5.54. The molecule has 0 saturated heterocycles.